The number of nitrogens with zero attached hydrogens (tertiary/aromatic N) is 1. The molecule has 1 heterocycles. The highest BCUT2D eigenvalue weighted by Gasteiger charge is 2.29. The highest BCUT2D eigenvalue weighted by atomic mass is 79.9. The summed E-state index contributed by atoms with van der Waals surface area (Å²) < 4.78 is 0.611. The first-order chi connectivity index (χ1) is 8.72. The lowest BCUT2D eigenvalue weighted by Crippen LogP contribution is -2.39. The van der Waals surface area contributed by atoms with Gasteiger partial charge in [-0.2, -0.15) is 11.8 Å². The van der Waals surface area contributed by atoms with Crippen LogP contribution in [0.1, 0.15) is 36.5 Å². The van der Waals surface area contributed by atoms with Crippen molar-refractivity contribution in [2.24, 2.45) is 0 Å². The Kier molecular flexibility index (Phi) is 5.06. The fraction of sp³-hybridized carbons (Fsp3) is 0.538. The van der Waals surface area contributed by atoms with E-state index in [-0.39, 0.29) is 5.91 Å². The van der Waals surface area contributed by atoms with E-state index in [0.717, 1.165) is 12.2 Å². The van der Waals surface area contributed by atoms with Gasteiger partial charge in [0.15, 0.2) is 0 Å². The van der Waals surface area contributed by atoms with E-state index in [0.29, 0.717) is 21.5 Å². The molecular formula is C13H17BrN2OS. The summed E-state index contributed by atoms with van der Waals surface area (Å²) in [7, 11) is 0. The van der Waals surface area contributed by atoms with Crippen molar-refractivity contribution in [3.05, 3.63) is 28.5 Å². The second-order valence-electron chi connectivity index (χ2n) is 4.35. The molecule has 1 aliphatic carbocycles. The number of halogens is 1. The van der Waals surface area contributed by atoms with Crippen LogP contribution in [0.15, 0.2) is 22.9 Å². The van der Waals surface area contributed by atoms with E-state index in [9.17, 15) is 4.79 Å². The monoisotopic (exact) mass is 328 g/mol. The maximum Gasteiger partial charge on any atom is 0.254 e. The molecule has 2 atom stereocenters. The number of carbonyl (C=O) groups is 1. The van der Waals surface area contributed by atoms with Crippen molar-refractivity contribution in [2.75, 3.05) is 5.75 Å². The molecule has 1 fully saturated rings. The first-order valence-corrected chi connectivity index (χ1v) is 8.09. The maximum atomic E-state index is 12.2. The van der Waals surface area contributed by atoms with Gasteiger partial charge in [-0.3, -0.25) is 4.79 Å². The van der Waals surface area contributed by atoms with Gasteiger partial charge in [0.2, 0.25) is 0 Å². The lowest BCUT2D eigenvalue weighted by Gasteiger charge is -2.20. The van der Waals surface area contributed by atoms with Crippen molar-refractivity contribution in [1.82, 2.24) is 10.3 Å². The molecule has 0 aromatic carbocycles. The Morgan fingerprint density at radius 3 is 3.17 bits per heavy atom. The molecule has 3 nitrogen and oxygen atoms in total. The van der Waals surface area contributed by atoms with Crippen LogP contribution >= 0.6 is 27.7 Å². The molecule has 2 rings (SSSR count). The second-order valence-corrected chi connectivity index (χ2v) is 6.61. The predicted molar refractivity (Wildman–Crippen MR) is 79.0 cm³/mol. The number of aromatic nitrogens is 1. The molecule has 2 unspecified atom stereocenters. The molecule has 98 valence electrons. The third-order valence-electron chi connectivity index (χ3n) is 3.15. The normalized spacial score (nSPS) is 23.0. The number of carbonyl (C=O) groups excluding carboxylic acids is 1. The molecule has 1 aromatic heterocycles. The summed E-state index contributed by atoms with van der Waals surface area (Å²) in [6.45, 7) is 2.17. The van der Waals surface area contributed by atoms with Crippen LogP contribution in [0.3, 0.4) is 0 Å². The highest BCUT2D eigenvalue weighted by molar-refractivity contribution is 9.10. The van der Waals surface area contributed by atoms with E-state index in [1.165, 1.54) is 12.8 Å². The van der Waals surface area contributed by atoms with E-state index >= 15 is 0 Å². The van der Waals surface area contributed by atoms with Gasteiger partial charge >= 0.3 is 0 Å². The van der Waals surface area contributed by atoms with Crippen LogP contribution in [-0.2, 0) is 0 Å². The van der Waals surface area contributed by atoms with Crippen molar-refractivity contribution >= 4 is 33.6 Å². The molecule has 5 heteroatoms. The summed E-state index contributed by atoms with van der Waals surface area (Å²) in [4.78, 5) is 16.3. The Morgan fingerprint density at radius 1 is 1.61 bits per heavy atom. The molecular weight excluding hydrogens is 312 g/mol. The minimum Gasteiger partial charge on any atom is -0.348 e. The van der Waals surface area contributed by atoms with E-state index in [1.54, 1.807) is 18.3 Å². The van der Waals surface area contributed by atoms with Crippen LogP contribution in [0.5, 0.6) is 0 Å². The fourth-order valence-corrected chi connectivity index (χ4v) is 3.93. The first kappa shape index (κ1) is 13.9. The molecule has 0 bridgehead atoms. The topological polar surface area (TPSA) is 42.0 Å². The van der Waals surface area contributed by atoms with Crippen LogP contribution in [-0.4, -0.2) is 27.9 Å². The van der Waals surface area contributed by atoms with Crippen LogP contribution < -0.4 is 5.32 Å². The summed E-state index contributed by atoms with van der Waals surface area (Å²) in [5, 5.41) is 3.71. The molecule has 1 amide bonds. The molecule has 0 spiro atoms. The zero-order chi connectivity index (χ0) is 13.0. The largest absolute Gasteiger partial charge is 0.348 e. The van der Waals surface area contributed by atoms with Gasteiger partial charge in [0.05, 0.1) is 5.56 Å². The Labute approximate surface area is 120 Å². The zero-order valence-corrected chi connectivity index (χ0v) is 12.8. The molecule has 1 saturated carbocycles. The average Bonchev–Trinajstić information content (AvgIpc) is 2.78. The van der Waals surface area contributed by atoms with E-state index < -0.39 is 0 Å². The maximum absolute atomic E-state index is 12.2. The molecule has 0 saturated heterocycles. The lowest BCUT2D eigenvalue weighted by atomic mass is 10.2. The molecule has 0 aliphatic heterocycles. The Hall–Kier alpha value is -0.550. The third kappa shape index (κ3) is 3.26. The number of rotatable bonds is 4. The van der Waals surface area contributed by atoms with Crippen LogP contribution in [0, 0.1) is 0 Å². The number of pyridine rings is 1. The Bertz CT molecular complexity index is 427. The van der Waals surface area contributed by atoms with Crippen molar-refractivity contribution in [3.8, 4) is 0 Å². The van der Waals surface area contributed by atoms with Gasteiger partial charge in [0, 0.05) is 17.5 Å². The Morgan fingerprint density at radius 2 is 2.44 bits per heavy atom. The van der Waals surface area contributed by atoms with Gasteiger partial charge in [-0.15, -0.1) is 0 Å². The van der Waals surface area contributed by atoms with E-state index in [2.05, 4.69) is 33.2 Å². The smallest absolute Gasteiger partial charge is 0.254 e. The zero-order valence-electron chi connectivity index (χ0n) is 10.4. The van der Waals surface area contributed by atoms with Crippen LogP contribution in [0.25, 0.3) is 0 Å². The van der Waals surface area contributed by atoms with Gasteiger partial charge in [-0.1, -0.05) is 13.3 Å². The van der Waals surface area contributed by atoms with Crippen LogP contribution in [0.2, 0.25) is 0 Å². The third-order valence-corrected chi connectivity index (χ3v) is 5.11. The van der Waals surface area contributed by atoms with Gasteiger partial charge in [0.1, 0.15) is 4.60 Å². The van der Waals surface area contributed by atoms with Crippen molar-refractivity contribution in [3.63, 3.8) is 0 Å². The van der Waals surface area contributed by atoms with Gasteiger partial charge in [-0.05, 0) is 46.7 Å². The molecule has 1 aromatic rings. The summed E-state index contributed by atoms with van der Waals surface area (Å²) >= 11 is 5.26. The molecule has 18 heavy (non-hydrogen) atoms. The molecule has 1 N–H and O–H groups in total. The summed E-state index contributed by atoms with van der Waals surface area (Å²) in [5.41, 5.74) is 0.615. The standard InChI is InChI=1S/C13H17BrN2OS/c1-2-18-11-7-3-6-10(11)16-13(17)9-5-4-8-15-12(9)14/h4-5,8,10-11H,2-3,6-7H2,1H3,(H,16,17). The second kappa shape index (κ2) is 6.57. The number of thioether (sulfide) groups is 1. The van der Waals surface area contributed by atoms with Crippen molar-refractivity contribution < 1.29 is 4.79 Å². The van der Waals surface area contributed by atoms with E-state index in [4.69, 9.17) is 0 Å². The van der Waals surface area contributed by atoms with Crippen LogP contribution in [0.4, 0.5) is 0 Å². The fourth-order valence-electron chi connectivity index (χ4n) is 2.31. The number of hydrogen-bond donors (Lipinski definition) is 1. The van der Waals surface area contributed by atoms with Crippen molar-refractivity contribution in [2.45, 2.75) is 37.5 Å². The number of amides is 1. The average molecular weight is 329 g/mol. The molecule has 1 aliphatic rings. The molecule has 0 radical (unpaired) electrons. The SMILES string of the molecule is CCSC1CCCC1NC(=O)c1cccnc1Br. The first-order valence-electron chi connectivity index (χ1n) is 6.25. The summed E-state index contributed by atoms with van der Waals surface area (Å²) in [6, 6.07) is 3.88. The van der Waals surface area contributed by atoms with Gasteiger partial charge in [-0.25, -0.2) is 4.98 Å². The van der Waals surface area contributed by atoms with Gasteiger partial charge < -0.3 is 5.32 Å². The number of hydrogen-bond acceptors (Lipinski definition) is 3. The lowest BCUT2D eigenvalue weighted by molar-refractivity contribution is 0.0937. The van der Waals surface area contributed by atoms with Gasteiger partial charge in [0.25, 0.3) is 5.91 Å². The van der Waals surface area contributed by atoms with E-state index in [1.807, 2.05) is 11.8 Å². The Balaban J connectivity index is 2.01. The highest BCUT2D eigenvalue weighted by Crippen LogP contribution is 2.30. The minimum atomic E-state index is -0.0245. The summed E-state index contributed by atoms with van der Waals surface area (Å²) in [5.74, 6) is 1.08. The summed E-state index contributed by atoms with van der Waals surface area (Å²) in [6.07, 6.45) is 5.17. The quantitative estimate of drug-likeness (QED) is 0.862. The number of nitrogens with one attached hydrogen (secondary N) is 1. The minimum absolute atomic E-state index is 0.0245. The predicted octanol–water partition coefficient (Wildman–Crippen LogP) is 3.25. The van der Waals surface area contributed by atoms with Crippen molar-refractivity contribution in [1.29, 1.82) is 0 Å².